The van der Waals surface area contributed by atoms with Crippen LogP contribution in [-0.4, -0.2) is 16.5 Å². The monoisotopic (exact) mass is 344 g/mol. The van der Waals surface area contributed by atoms with Gasteiger partial charge >= 0.3 is 0 Å². The average molecular weight is 345 g/mol. The fraction of sp³-hybridized carbons (Fsp3) is 0.176. The summed E-state index contributed by atoms with van der Waals surface area (Å²) in [5.41, 5.74) is 3.18. The van der Waals surface area contributed by atoms with Gasteiger partial charge in [0, 0.05) is 6.54 Å². The molecule has 2 N–H and O–H groups in total. The highest BCUT2D eigenvalue weighted by Crippen LogP contribution is 2.26. The van der Waals surface area contributed by atoms with Crippen LogP contribution in [0.15, 0.2) is 36.4 Å². The lowest BCUT2D eigenvalue weighted by Crippen LogP contribution is -2.10. The molecule has 1 atom stereocenters. The number of para-hydroxylation sites is 1. The van der Waals surface area contributed by atoms with Crippen molar-refractivity contribution in [3.8, 4) is 6.07 Å². The van der Waals surface area contributed by atoms with Crippen LogP contribution in [0.25, 0.3) is 11.0 Å². The molecule has 0 radical (unpaired) electrons. The van der Waals surface area contributed by atoms with Crippen molar-refractivity contribution >= 4 is 40.2 Å². The molecule has 2 aromatic carbocycles. The molecular formula is C17H14Cl2N4. The molecule has 0 unspecified atom stereocenters. The van der Waals surface area contributed by atoms with E-state index in [-0.39, 0.29) is 5.92 Å². The Morgan fingerprint density at radius 2 is 2.09 bits per heavy atom. The highest BCUT2D eigenvalue weighted by Gasteiger charge is 2.10. The molecular weight excluding hydrogens is 331 g/mol. The highest BCUT2D eigenvalue weighted by molar-refractivity contribution is 6.42. The lowest BCUT2D eigenvalue weighted by molar-refractivity contribution is 0.799. The van der Waals surface area contributed by atoms with Crippen molar-refractivity contribution in [1.82, 2.24) is 9.97 Å². The number of fused-ring (bicyclic) bond motifs is 1. The van der Waals surface area contributed by atoms with Crippen LogP contribution < -0.4 is 5.32 Å². The maximum absolute atomic E-state index is 9.11. The van der Waals surface area contributed by atoms with E-state index in [0.717, 1.165) is 11.1 Å². The minimum Gasteiger partial charge on any atom is -0.355 e. The minimum absolute atomic E-state index is 0.230. The molecule has 0 saturated heterocycles. The predicted molar refractivity (Wildman–Crippen MR) is 94.2 cm³/mol. The van der Waals surface area contributed by atoms with Gasteiger partial charge in [-0.3, -0.25) is 0 Å². The van der Waals surface area contributed by atoms with Crippen molar-refractivity contribution in [2.45, 2.75) is 12.8 Å². The molecule has 1 aromatic heterocycles. The maximum Gasteiger partial charge on any atom is 0.201 e. The van der Waals surface area contributed by atoms with Crippen LogP contribution in [-0.2, 0) is 0 Å². The van der Waals surface area contributed by atoms with E-state index in [9.17, 15) is 0 Å². The fourth-order valence-electron chi connectivity index (χ4n) is 2.39. The number of halogens is 2. The Labute approximate surface area is 144 Å². The fourth-order valence-corrected chi connectivity index (χ4v) is 2.70. The van der Waals surface area contributed by atoms with E-state index in [1.807, 2.05) is 24.3 Å². The molecule has 0 saturated carbocycles. The van der Waals surface area contributed by atoms with Gasteiger partial charge in [0.25, 0.3) is 0 Å². The summed E-state index contributed by atoms with van der Waals surface area (Å²) >= 11 is 12.0. The summed E-state index contributed by atoms with van der Waals surface area (Å²) in [6, 6.07) is 13.3. The van der Waals surface area contributed by atoms with Gasteiger partial charge < -0.3 is 10.3 Å². The van der Waals surface area contributed by atoms with Gasteiger partial charge in [-0.05, 0) is 35.7 Å². The van der Waals surface area contributed by atoms with E-state index < -0.39 is 0 Å². The van der Waals surface area contributed by atoms with Crippen LogP contribution in [0.2, 0.25) is 10.0 Å². The van der Waals surface area contributed by atoms with Crippen molar-refractivity contribution < 1.29 is 0 Å². The van der Waals surface area contributed by atoms with E-state index in [1.54, 1.807) is 12.1 Å². The zero-order chi connectivity index (χ0) is 16.4. The van der Waals surface area contributed by atoms with Gasteiger partial charge in [-0.2, -0.15) is 5.26 Å². The molecule has 0 aliphatic carbocycles. The SMILES string of the molecule is C[C@@H](CNc1nc2c(C#N)cccc2[nH]1)c1ccc(Cl)c(Cl)c1. The topological polar surface area (TPSA) is 64.5 Å². The predicted octanol–water partition coefficient (Wildman–Crippen LogP) is 4.96. The molecule has 3 aromatic rings. The Morgan fingerprint density at radius 3 is 2.83 bits per heavy atom. The molecule has 0 bridgehead atoms. The molecule has 3 rings (SSSR count). The normalized spacial score (nSPS) is 12.1. The lowest BCUT2D eigenvalue weighted by Gasteiger charge is -2.13. The minimum atomic E-state index is 0.230. The van der Waals surface area contributed by atoms with E-state index in [1.165, 1.54) is 0 Å². The zero-order valence-electron chi connectivity index (χ0n) is 12.4. The van der Waals surface area contributed by atoms with Gasteiger partial charge in [-0.15, -0.1) is 0 Å². The first-order valence-corrected chi connectivity index (χ1v) is 7.91. The third-order valence-corrected chi connectivity index (χ3v) is 4.46. The molecule has 0 fully saturated rings. The number of rotatable bonds is 4. The third kappa shape index (κ3) is 3.26. The van der Waals surface area contributed by atoms with Gasteiger partial charge in [0.1, 0.15) is 11.6 Å². The van der Waals surface area contributed by atoms with E-state index in [0.29, 0.717) is 33.6 Å². The number of aromatic amines is 1. The second-order valence-corrected chi connectivity index (χ2v) is 6.17. The van der Waals surface area contributed by atoms with E-state index in [4.69, 9.17) is 28.5 Å². The summed E-state index contributed by atoms with van der Waals surface area (Å²) in [7, 11) is 0. The Bertz CT molecular complexity index is 895. The van der Waals surface area contributed by atoms with Crippen LogP contribution >= 0.6 is 23.2 Å². The molecule has 6 heteroatoms. The Kier molecular flexibility index (Phi) is 4.42. The van der Waals surface area contributed by atoms with E-state index in [2.05, 4.69) is 28.3 Å². The molecule has 4 nitrogen and oxygen atoms in total. The summed E-state index contributed by atoms with van der Waals surface area (Å²) in [6.07, 6.45) is 0. The number of nitriles is 1. The number of H-pyrrole nitrogens is 1. The second kappa shape index (κ2) is 6.49. The molecule has 116 valence electrons. The largest absolute Gasteiger partial charge is 0.355 e. The number of anilines is 1. The summed E-state index contributed by atoms with van der Waals surface area (Å²) in [5, 5.41) is 13.5. The van der Waals surface area contributed by atoms with Gasteiger partial charge in [-0.1, -0.05) is 42.3 Å². The molecule has 0 aliphatic rings. The van der Waals surface area contributed by atoms with Gasteiger partial charge in [-0.25, -0.2) is 4.98 Å². The maximum atomic E-state index is 9.11. The summed E-state index contributed by atoms with van der Waals surface area (Å²) in [6.45, 7) is 2.77. The lowest BCUT2D eigenvalue weighted by atomic mass is 10.0. The summed E-state index contributed by atoms with van der Waals surface area (Å²) < 4.78 is 0. The summed E-state index contributed by atoms with van der Waals surface area (Å²) in [5.74, 6) is 0.878. The van der Waals surface area contributed by atoms with Crippen molar-refractivity contribution in [1.29, 1.82) is 5.26 Å². The Balaban J connectivity index is 1.75. The summed E-state index contributed by atoms with van der Waals surface area (Å²) in [4.78, 5) is 7.62. The first-order valence-electron chi connectivity index (χ1n) is 7.16. The number of hydrogen-bond donors (Lipinski definition) is 2. The third-order valence-electron chi connectivity index (χ3n) is 3.72. The molecule has 0 aliphatic heterocycles. The number of aromatic nitrogens is 2. The smallest absolute Gasteiger partial charge is 0.201 e. The standard InChI is InChI=1S/C17H14Cl2N4/c1-10(11-5-6-13(18)14(19)7-11)9-21-17-22-15-4-2-3-12(8-20)16(15)23-17/h2-7,10H,9H2,1H3,(H2,21,22,23)/t10-/m0/s1. The molecule has 23 heavy (non-hydrogen) atoms. The van der Waals surface area contributed by atoms with Gasteiger partial charge in [0.2, 0.25) is 5.95 Å². The van der Waals surface area contributed by atoms with Crippen LogP contribution in [0.1, 0.15) is 24.0 Å². The average Bonchev–Trinajstić information content (AvgIpc) is 2.98. The van der Waals surface area contributed by atoms with Crippen LogP contribution in [0.3, 0.4) is 0 Å². The first-order chi connectivity index (χ1) is 11.1. The Morgan fingerprint density at radius 1 is 1.26 bits per heavy atom. The van der Waals surface area contributed by atoms with Crippen LogP contribution in [0, 0.1) is 11.3 Å². The number of nitrogens with one attached hydrogen (secondary N) is 2. The second-order valence-electron chi connectivity index (χ2n) is 5.35. The van der Waals surface area contributed by atoms with E-state index >= 15 is 0 Å². The van der Waals surface area contributed by atoms with Crippen molar-refractivity contribution in [3.05, 3.63) is 57.6 Å². The molecule has 0 amide bonds. The number of imidazole rings is 1. The van der Waals surface area contributed by atoms with Crippen LogP contribution in [0.5, 0.6) is 0 Å². The number of nitrogens with zero attached hydrogens (tertiary/aromatic N) is 2. The van der Waals surface area contributed by atoms with Crippen molar-refractivity contribution in [3.63, 3.8) is 0 Å². The van der Waals surface area contributed by atoms with Crippen molar-refractivity contribution in [2.75, 3.05) is 11.9 Å². The van der Waals surface area contributed by atoms with Crippen LogP contribution in [0.4, 0.5) is 5.95 Å². The number of benzene rings is 2. The van der Waals surface area contributed by atoms with Crippen molar-refractivity contribution in [2.24, 2.45) is 0 Å². The quantitative estimate of drug-likeness (QED) is 0.703. The Hall–Kier alpha value is -2.22. The zero-order valence-corrected chi connectivity index (χ0v) is 13.9. The van der Waals surface area contributed by atoms with Gasteiger partial charge in [0.15, 0.2) is 0 Å². The molecule has 1 heterocycles. The highest BCUT2D eigenvalue weighted by atomic mass is 35.5. The number of hydrogen-bond acceptors (Lipinski definition) is 3. The first kappa shape index (κ1) is 15.7. The molecule has 0 spiro atoms. The van der Waals surface area contributed by atoms with Gasteiger partial charge in [0.05, 0.1) is 21.1 Å².